The van der Waals surface area contributed by atoms with Gasteiger partial charge in [0.2, 0.25) is 5.91 Å². The Morgan fingerprint density at radius 3 is 2.84 bits per heavy atom. The molecule has 3 N–H and O–H groups in total. The average Bonchev–Trinajstić information content (AvgIpc) is 2.41. The first-order valence-corrected chi connectivity index (χ1v) is 6.36. The first-order valence-electron chi connectivity index (χ1n) is 6.36. The number of nitrogens with one attached hydrogen (secondary N) is 2. The third-order valence-corrected chi connectivity index (χ3v) is 3.05. The number of amides is 1. The SMILES string of the molecule is O=C(O)Cc1ccc(NC(=O)[C@@H]2CCCCN2)cn1. The number of aromatic nitrogens is 1. The molecule has 1 aliphatic rings. The third kappa shape index (κ3) is 4.03. The smallest absolute Gasteiger partial charge is 0.309 e. The maximum Gasteiger partial charge on any atom is 0.309 e. The summed E-state index contributed by atoms with van der Waals surface area (Å²) in [7, 11) is 0. The summed E-state index contributed by atoms with van der Waals surface area (Å²) in [6.45, 7) is 0.869. The molecule has 0 aliphatic carbocycles. The molecule has 0 saturated carbocycles. The topological polar surface area (TPSA) is 91.3 Å². The van der Waals surface area contributed by atoms with Gasteiger partial charge in [0.05, 0.1) is 30.0 Å². The van der Waals surface area contributed by atoms with Crippen LogP contribution in [-0.4, -0.2) is 34.6 Å². The van der Waals surface area contributed by atoms with E-state index in [0.717, 1.165) is 25.8 Å². The van der Waals surface area contributed by atoms with Gasteiger partial charge in [0, 0.05) is 0 Å². The Kier molecular flexibility index (Phi) is 4.46. The van der Waals surface area contributed by atoms with E-state index in [9.17, 15) is 9.59 Å². The fourth-order valence-corrected chi connectivity index (χ4v) is 2.06. The van der Waals surface area contributed by atoms with Crippen molar-refractivity contribution in [3.8, 4) is 0 Å². The van der Waals surface area contributed by atoms with E-state index in [4.69, 9.17) is 5.11 Å². The Labute approximate surface area is 111 Å². The van der Waals surface area contributed by atoms with Gasteiger partial charge in [0.15, 0.2) is 0 Å². The lowest BCUT2D eigenvalue weighted by atomic mass is 10.0. The van der Waals surface area contributed by atoms with Crippen LogP contribution in [0.1, 0.15) is 25.0 Å². The molecule has 2 rings (SSSR count). The van der Waals surface area contributed by atoms with Crippen molar-refractivity contribution < 1.29 is 14.7 Å². The Hall–Kier alpha value is -1.95. The Bertz CT molecular complexity index is 453. The van der Waals surface area contributed by atoms with Crippen LogP contribution in [0.15, 0.2) is 18.3 Å². The standard InChI is InChI=1S/C13H17N3O3/c17-12(18)7-9-4-5-10(8-15-9)16-13(19)11-3-1-2-6-14-11/h4-5,8,11,14H,1-3,6-7H2,(H,16,19)(H,17,18)/t11-/m0/s1. The van der Waals surface area contributed by atoms with E-state index in [1.165, 1.54) is 6.20 Å². The fraction of sp³-hybridized carbons (Fsp3) is 0.462. The van der Waals surface area contributed by atoms with E-state index in [-0.39, 0.29) is 18.4 Å². The molecule has 0 unspecified atom stereocenters. The number of nitrogens with zero attached hydrogens (tertiary/aromatic N) is 1. The molecule has 102 valence electrons. The predicted octanol–water partition coefficient (Wildman–Crippen LogP) is 0.789. The molecule has 1 saturated heterocycles. The molecule has 1 atom stereocenters. The zero-order valence-corrected chi connectivity index (χ0v) is 10.6. The number of hydrogen-bond acceptors (Lipinski definition) is 4. The van der Waals surface area contributed by atoms with E-state index in [2.05, 4.69) is 15.6 Å². The highest BCUT2D eigenvalue weighted by molar-refractivity contribution is 5.94. The Morgan fingerprint density at radius 2 is 2.26 bits per heavy atom. The van der Waals surface area contributed by atoms with E-state index in [1.54, 1.807) is 12.1 Å². The van der Waals surface area contributed by atoms with Crippen molar-refractivity contribution in [3.63, 3.8) is 0 Å². The number of rotatable bonds is 4. The molecule has 1 aliphatic heterocycles. The second kappa shape index (κ2) is 6.29. The summed E-state index contributed by atoms with van der Waals surface area (Å²) >= 11 is 0. The number of aliphatic carboxylic acids is 1. The largest absolute Gasteiger partial charge is 0.481 e. The molecular formula is C13H17N3O3. The second-order valence-corrected chi connectivity index (χ2v) is 4.60. The van der Waals surface area contributed by atoms with Crippen LogP contribution in [0.5, 0.6) is 0 Å². The molecule has 1 aromatic rings. The summed E-state index contributed by atoms with van der Waals surface area (Å²) in [5.41, 5.74) is 1.06. The number of piperidine rings is 1. The maximum absolute atomic E-state index is 11.9. The van der Waals surface area contributed by atoms with E-state index in [0.29, 0.717) is 11.4 Å². The number of carboxylic acids is 1. The molecule has 6 nitrogen and oxygen atoms in total. The van der Waals surface area contributed by atoms with Crippen LogP contribution in [0.3, 0.4) is 0 Å². The van der Waals surface area contributed by atoms with Crippen molar-refractivity contribution in [1.29, 1.82) is 0 Å². The van der Waals surface area contributed by atoms with Crippen LogP contribution >= 0.6 is 0 Å². The first kappa shape index (κ1) is 13.5. The highest BCUT2D eigenvalue weighted by atomic mass is 16.4. The molecule has 6 heteroatoms. The monoisotopic (exact) mass is 263 g/mol. The fourth-order valence-electron chi connectivity index (χ4n) is 2.06. The molecule has 1 fully saturated rings. The quantitative estimate of drug-likeness (QED) is 0.747. The van der Waals surface area contributed by atoms with Gasteiger partial charge in [-0.25, -0.2) is 0 Å². The van der Waals surface area contributed by atoms with Crippen molar-refractivity contribution in [2.24, 2.45) is 0 Å². The van der Waals surface area contributed by atoms with Gasteiger partial charge >= 0.3 is 5.97 Å². The van der Waals surface area contributed by atoms with E-state index >= 15 is 0 Å². The summed E-state index contributed by atoms with van der Waals surface area (Å²) in [5, 5.41) is 14.6. The molecule has 1 aromatic heterocycles. The second-order valence-electron chi connectivity index (χ2n) is 4.60. The average molecular weight is 263 g/mol. The molecular weight excluding hydrogens is 246 g/mol. The van der Waals surface area contributed by atoms with Gasteiger partial charge in [0.1, 0.15) is 0 Å². The van der Waals surface area contributed by atoms with Crippen LogP contribution in [0.4, 0.5) is 5.69 Å². The van der Waals surface area contributed by atoms with Gasteiger partial charge < -0.3 is 15.7 Å². The minimum absolute atomic E-state index is 0.0625. The van der Waals surface area contributed by atoms with Crippen molar-refractivity contribution in [2.45, 2.75) is 31.7 Å². The number of carboxylic acid groups (broad SMARTS) is 1. The number of carbonyl (C=O) groups excluding carboxylic acids is 1. The summed E-state index contributed by atoms with van der Waals surface area (Å²) in [5.74, 6) is -0.983. The third-order valence-electron chi connectivity index (χ3n) is 3.05. The van der Waals surface area contributed by atoms with Crippen molar-refractivity contribution in [3.05, 3.63) is 24.0 Å². The number of carbonyl (C=O) groups is 2. The van der Waals surface area contributed by atoms with Crippen LogP contribution in [0.2, 0.25) is 0 Å². The minimum Gasteiger partial charge on any atom is -0.481 e. The molecule has 0 aromatic carbocycles. The van der Waals surface area contributed by atoms with Gasteiger partial charge in [0.25, 0.3) is 0 Å². The zero-order chi connectivity index (χ0) is 13.7. The number of hydrogen-bond donors (Lipinski definition) is 3. The van der Waals surface area contributed by atoms with Crippen LogP contribution in [0, 0.1) is 0 Å². The lowest BCUT2D eigenvalue weighted by molar-refractivity contribution is -0.136. The molecule has 1 amide bonds. The molecule has 0 spiro atoms. The highest BCUT2D eigenvalue weighted by Gasteiger charge is 2.20. The summed E-state index contributed by atoms with van der Waals surface area (Å²) in [6.07, 6.45) is 4.38. The number of anilines is 1. The predicted molar refractivity (Wildman–Crippen MR) is 69.8 cm³/mol. The normalized spacial score (nSPS) is 18.8. The lowest BCUT2D eigenvalue weighted by Gasteiger charge is -2.22. The molecule has 2 heterocycles. The summed E-state index contributed by atoms with van der Waals surface area (Å²) < 4.78 is 0. The summed E-state index contributed by atoms with van der Waals surface area (Å²) in [4.78, 5) is 26.5. The van der Waals surface area contributed by atoms with Gasteiger partial charge in [-0.1, -0.05) is 6.42 Å². The number of pyridine rings is 1. The van der Waals surface area contributed by atoms with Crippen LogP contribution in [-0.2, 0) is 16.0 Å². The lowest BCUT2D eigenvalue weighted by Crippen LogP contribution is -2.43. The van der Waals surface area contributed by atoms with E-state index in [1.807, 2.05) is 0 Å². The van der Waals surface area contributed by atoms with E-state index < -0.39 is 5.97 Å². The molecule has 0 radical (unpaired) electrons. The van der Waals surface area contributed by atoms with Gasteiger partial charge in [-0.3, -0.25) is 14.6 Å². The van der Waals surface area contributed by atoms with Crippen LogP contribution in [0.25, 0.3) is 0 Å². The van der Waals surface area contributed by atoms with Crippen LogP contribution < -0.4 is 10.6 Å². The molecule has 19 heavy (non-hydrogen) atoms. The van der Waals surface area contributed by atoms with Crippen molar-refractivity contribution in [1.82, 2.24) is 10.3 Å². The minimum atomic E-state index is -0.921. The Morgan fingerprint density at radius 1 is 1.42 bits per heavy atom. The maximum atomic E-state index is 11.9. The Balaban J connectivity index is 1.91. The van der Waals surface area contributed by atoms with Gasteiger partial charge in [-0.15, -0.1) is 0 Å². The molecule has 0 bridgehead atoms. The first-order chi connectivity index (χ1) is 9.15. The van der Waals surface area contributed by atoms with Crippen molar-refractivity contribution in [2.75, 3.05) is 11.9 Å². The highest BCUT2D eigenvalue weighted by Crippen LogP contribution is 2.11. The van der Waals surface area contributed by atoms with Crippen molar-refractivity contribution >= 4 is 17.6 Å². The van der Waals surface area contributed by atoms with Gasteiger partial charge in [-0.05, 0) is 31.5 Å². The zero-order valence-electron chi connectivity index (χ0n) is 10.6. The summed E-state index contributed by atoms with van der Waals surface area (Å²) in [6, 6.07) is 3.14. The van der Waals surface area contributed by atoms with Gasteiger partial charge in [-0.2, -0.15) is 0 Å².